The summed E-state index contributed by atoms with van der Waals surface area (Å²) in [7, 11) is 0. The average Bonchev–Trinajstić information content (AvgIpc) is 3.35. The van der Waals surface area contributed by atoms with Crippen LogP contribution in [0.15, 0.2) is 47.6 Å². The monoisotopic (exact) mass is 397 g/mol. The predicted octanol–water partition coefficient (Wildman–Crippen LogP) is 2.67. The summed E-state index contributed by atoms with van der Waals surface area (Å²) in [6.45, 7) is 4.15. The summed E-state index contributed by atoms with van der Waals surface area (Å²) in [6, 6.07) is 13.3. The summed E-state index contributed by atoms with van der Waals surface area (Å²) < 4.78 is 12.4. The highest BCUT2D eigenvalue weighted by Crippen LogP contribution is 2.34. The molecule has 0 radical (unpaired) electrons. The van der Waals surface area contributed by atoms with Crippen LogP contribution in [0.4, 0.5) is 0 Å². The summed E-state index contributed by atoms with van der Waals surface area (Å²) in [5.74, 6) is 1.53. The van der Waals surface area contributed by atoms with Gasteiger partial charge in [-0.2, -0.15) is 4.68 Å². The Bertz CT molecular complexity index is 1010. The summed E-state index contributed by atoms with van der Waals surface area (Å²) >= 11 is 1.29. The Balaban J connectivity index is 1.38. The van der Waals surface area contributed by atoms with Gasteiger partial charge in [-0.15, -0.1) is 5.10 Å². The van der Waals surface area contributed by atoms with Crippen LogP contribution in [0.3, 0.4) is 0 Å². The lowest BCUT2D eigenvalue weighted by molar-refractivity contribution is -0.119. The lowest BCUT2D eigenvalue weighted by Gasteiger charge is -2.14. The maximum Gasteiger partial charge on any atom is 0.231 e. The molecule has 28 heavy (non-hydrogen) atoms. The molecule has 3 aromatic rings. The SMILES string of the molecule is Cc1ccccc1-n1nnnc1SCC(=O)N[C@H](C)c1ccc2c(c1)OCO2. The molecule has 144 valence electrons. The van der Waals surface area contributed by atoms with Crippen molar-refractivity contribution in [3.05, 3.63) is 53.6 Å². The molecule has 1 aliphatic rings. The summed E-state index contributed by atoms with van der Waals surface area (Å²) in [6.07, 6.45) is 0. The van der Waals surface area contributed by atoms with Gasteiger partial charge in [0.05, 0.1) is 17.5 Å². The predicted molar refractivity (Wildman–Crippen MR) is 104 cm³/mol. The third kappa shape index (κ3) is 3.79. The number of tetrazole rings is 1. The molecule has 0 saturated heterocycles. The fourth-order valence-electron chi connectivity index (χ4n) is 2.90. The van der Waals surface area contributed by atoms with Gasteiger partial charge in [0.15, 0.2) is 11.5 Å². The fourth-order valence-corrected chi connectivity index (χ4v) is 3.60. The first-order valence-corrected chi connectivity index (χ1v) is 9.76. The normalized spacial score (nSPS) is 13.4. The topological polar surface area (TPSA) is 91.2 Å². The maximum absolute atomic E-state index is 12.4. The highest BCUT2D eigenvalue weighted by molar-refractivity contribution is 7.99. The van der Waals surface area contributed by atoms with Gasteiger partial charge in [-0.05, 0) is 53.6 Å². The van der Waals surface area contributed by atoms with Crippen LogP contribution >= 0.6 is 11.8 Å². The van der Waals surface area contributed by atoms with Crippen molar-refractivity contribution in [2.24, 2.45) is 0 Å². The molecule has 0 saturated carbocycles. The van der Waals surface area contributed by atoms with E-state index in [-0.39, 0.29) is 24.5 Å². The van der Waals surface area contributed by atoms with E-state index in [0.717, 1.165) is 22.6 Å². The number of nitrogens with one attached hydrogen (secondary N) is 1. The first-order valence-electron chi connectivity index (χ1n) is 8.78. The van der Waals surface area contributed by atoms with Crippen LogP contribution in [-0.2, 0) is 4.79 Å². The number of rotatable bonds is 6. The van der Waals surface area contributed by atoms with Crippen LogP contribution in [0.5, 0.6) is 11.5 Å². The molecule has 0 bridgehead atoms. The van der Waals surface area contributed by atoms with Crippen LogP contribution in [0, 0.1) is 6.92 Å². The van der Waals surface area contributed by atoms with Gasteiger partial charge in [0.1, 0.15) is 0 Å². The number of ether oxygens (including phenoxy) is 2. The van der Waals surface area contributed by atoms with E-state index in [1.807, 2.05) is 56.3 Å². The minimum absolute atomic E-state index is 0.102. The Hall–Kier alpha value is -3.07. The van der Waals surface area contributed by atoms with E-state index in [0.29, 0.717) is 10.9 Å². The second kappa shape index (κ2) is 7.89. The molecule has 4 rings (SSSR count). The highest BCUT2D eigenvalue weighted by Gasteiger charge is 2.18. The first kappa shape index (κ1) is 18.3. The van der Waals surface area contributed by atoms with E-state index in [1.54, 1.807) is 4.68 Å². The summed E-state index contributed by atoms with van der Waals surface area (Å²) in [5, 5.41) is 15.4. The quantitative estimate of drug-likeness (QED) is 0.640. The van der Waals surface area contributed by atoms with Crippen LogP contribution in [0.2, 0.25) is 0 Å². The first-order chi connectivity index (χ1) is 13.6. The van der Waals surface area contributed by atoms with E-state index in [2.05, 4.69) is 20.8 Å². The molecule has 2 heterocycles. The third-order valence-corrected chi connectivity index (χ3v) is 5.31. The molecule has 1 N–H and O–H groups in total. The number of aromatic nitrogens is 4. The van der Waals surface area contributed by atoms with E-state index >= 15 is 0 Å². The van der Waals surface area contributed by atoms with Crippen LogP contribution in [-0.4, -0.2) is 38.7 Å². The van der Waals surface area contributed by atoms with Crippen LogP contribution in [0.25, 0.3) is 5.69 Å². The summed E-state index contributed by atoms with van der Waals surface area (Å²) in [5.41, 5.74) is 2.90. The molecule has 1 atom stereocenters. The number of fused-ring (bicyclic) bond motifs is 1. The lowest BCUT2D eigenvalue weighted by Crippen LogP contribution is -2.28. The van der Waals surface area contributed by atoms with E-state index in [4.69, 9.17) is 9.47 Å². The van der Waals surface area contributed by atoms with E-state index < -0.39 is 0 Å². The average molecular weight is 397 g/mol. The second-order valence-corrected chi connectivity index (χ2v) is 7.29. The zero-order valence-electron chi connectivity index (χ0n) is 15.5. The minimum atomic E-state index is -0.157. The molecule has 1 amide bonds. The van der Waals surface area contributed by atoms with Crippen molar-refractivity contribution in [1.29, 1.82) is 0 Å². The molecular formula is C19H19N5O3S. The molecule has 1 aliphatic heterocycles. The zero-order chi connectivity index (χ0) is 19.5. The van der Waals surface area contributed by atoms with E-state index in [9.17, 15) is 4.79 Å². The van der Waals surface area contributed by atoms with E-state index in [1.165, 1.54) is 11.8 Å². The minimum Gasteiger partial charge on any atom is -0.454 e. The second-order valence-electron chi connectivity index (χ2n) is 6.35. The lowest BCUT2D eigenvalue weighted by atomic mass is 10.1. The number of carbonyl (C=O) groups excluding carboxylic acids is 1. The number of carbonyl (C=O) groups is 1. The van der Waals surface area contributed by atoms with Crippen molar-refractivity contribution in [3.63, 3.8) is 0 Å². The Morgan fingerprint density at radius 1 is 1.25 bits per heavy atom. The fraction of sp³-hybridized carbons (Fsp3) is 0.263. The van der Waals surface area contributed by atoms with Crippen molar-refractivity contribution in [1.82, 2.24) is 25.5 Å². The van der Waals surface area contributed by atoms with Crippen LogP contribution in [0.1, 0.15) is 24.1 Å². The van der Waals surface area contributed by atoms with Crippen molar-refractivity contribution >= 4 is 17.7 Å². The standard InChI is InChI=1S/C19H19N5O3S/c1-12-5-3-4-6-15(12)24-19(21-22-23-24)28-10-18(25)20-13(2)14-7-8-16-17(9-14)27-11-26-16/h3-9,13H,10-11H2,1-2H3,(H,20,25)/t13-/m1/s1. The van der Waals surface area contributed by atoms with Crippen molar-refractivity contribution in [2.75, 3.05) is 12.5 Å². The number of thioether (sulfide) groups is 1. The van der Waals surface area contributed by atoms with Gasteiger partial charge in [0.25, 0.3) is 0 Å². The van der Waals surface area contributed by atoms with Gasteiger partial charge in [-0.25, -0.2) is 0 Å². The number of aryl methyl sites for hydroxylation is 1. The molecule has 0 spiro atoms. The third-order valence-electron chi connectivity index (χ3n) is 4.39. The molecule has 1 aromatic heterocycles. The molecular weight excluding hydrogens is 378 g/mol. The molecule has 8 nitrogen and oxygen atoms in total. The van der Waals surface area contributed by atoms with Gasteiger partial charge in [0.2, 0.25) is 17.9 Å². The number of para-hydroxylation sites is 1. The number of hydrogen-bond acceptors (Lipinski definition) is 7. The van der Waals surface area contributed by atoms with Crippen molar-refractivity contribution in [2.45, 2.75) is 25.0 Å². The van der Waals surface area contributed by atoms with Crippen molar-refractivity contribution in [3.8, 4) is 17.2 Å². The van der Waals surface area contributed by atoms with Gasteiger partial charge in [-0.3, -0.25) is 4.79 Å². The molecule has 9 heteroatoms. The van der Waals surface area contributed by atoms with Gasteiger partial charge >= 0.3 is 0 Å². The smallest absolute Gasteiger partial charge is 0.231 e. The Kier molecular flexibility index (Phi) is 5.16. The molecule has 0 aliphatic carbocycles. The van der Waals surface area contributed by atoms with Gasteiger partial charge in [0, 0.05) is 0 Å². The number of amides is 1. The molecule has 0 fully saturated rings. The van der Waals surface area contributed by atoms with Gasteiger partial charge < -0.3 is 14.8 Å². The Morgan fingerprint density at radius 2 is 2.07 bits per heavy atom. The van der Waals surface area contributed by atoms with Gasteiger partial charge in [-0.1, -0.05) is 36.0 Å². The van der Waals surface area contributed by atoms with Crippen LogP contribution < -0.4 is 14.8 Å². The number of nitrogens with zero attached hydrogens (tertiary/aromatic N) is 4. The Morgan fingerprint density at radius 3 is 2.93 bits per heavy atom. The highest BCUT2D eigenvalue weighted by atomic mass is 32.2. The summed E-state index contributed by atoms with van der Waals surface area (Å²) in [4.78, 5) is 12.4. The number of benzene rings is 2. The number of hydrogen-bond donors (Lipinski definition) is 1. The molecule has 2 aromatic carbocycles. The van der Waals surface area contributed by atoms with Crippen molar-refractivity contribution < 1.29 is 14.3 Å². The molecule has 0 unspecified atom stereocenters. The Labute approximate surface area is 166 Å². The largest absolute Gasteiger partial charge is 0.454 e. The maximum atomic E-state index is 12.4. The zero-order valence-corrected chi connectivity index (χ0v) is 16.3.